The van der Waals surface area contributed by atoms with E-state index in [-0.39, 0.29) is 17.9 Å². The number of esters is 2. The average Bonchev–Trinajstić information content (AvgIpc) is 2.47. The molecule has 4 rings (SSSR count). The van der Waals surface area contributed by atoms with E-state index in [0.29, 0.717) is 17.8 Å². The third-order valence-electron chi connectivity index (χ3n) is 5.68. The van der Waals surface area contributed by atoms with E-state index in [2.05, 4.69) is 5.32 Å². The number of carbonyl (C=O) groups is 3. The van der Waals surface area contributed by atoms with Gasteiger partial charge in [0.05, 0.1) is 0 Å². The fraction of sp³-hybridized carbons (Fsp3) is 0.842. The zero-order valence-corrected chi connectivity index (χ0v) is 15.4. The summed E-state index contributed by atoms with van der Waals surface area (Å²) >= 11 is 0. The van der Waals surface area contributed by atoms with Gasteiger partial charge in [0.2, 0.25) is 5.91 Å². The SMILES string of the molecule is CC(C)(C)OC(=O)COC(=O)CNC(=O)C12CC3CC(CC(C3)C1)C2. The van der Waals surface area contributed by atoms with Crippen LogP contribution in [0.1, 0.15) is 59.3 Å². The van der Waals surface area contributed by atoms with Crippen LogP contribution in [0.4, 0.5) is 0 Å². The van der Waals surface area contributed by atoms with Crippen LogP contribution in [0.3, 0.4) is 0 Å². The Labute approximate surface area is 149 Å². The minimum absolute atomic E-state index is 0.0131. The Morgan fingerprint density at radius 1 is 0.960 bits per heavy atom. The Bertz CT molecular complexity index is 527. The van der Waals surface area contributed by atoms with Crippen molar-refractivity contribution in [2.45, 2.75) is 64.9 Å². The smallest absolute Gasteiger partial charge is 0.344 e. The summed E-state index contributed by atoms with van der Waals surface area (Å²) in [6.07, 6.45) is 6.67. The van der Waals surface area contributed by atoms with Crippen LogP contribution in [0.25, 0.3) is 0 Å². The first-order valence-corrected chi connectivity index (χ1v) is 9.31. The van der Waals surface area contributed by atoms with Crippen LogP contribution in [0.15, 0.2) is 0 Å². The molecule has 0 atom stereocenters. The Morgan fingerprint density at radius 2 is 1.48 bits per heavy atom. The van der Waals surface area contributed by atoms with Crippen molar-refractivity contribution < 1.29 is 23.9 Å². The number of hydrogen-bond acceptors (Lipinski definition) is 5. The highest BCUT2D eigenvalue weighted by Crippen LogP contribution is 2.60. The molecule has 0 aromatic heterocycles. The van der Waals surface area contributed by atoms with Gasteiger partial charge in [-0.2, -0.15) is 0 Å². The van der Waals surface area contributed by atoms with E-state index in [0.717, 1.165) is 19.3 Å². The number of ether oxygens (including phenoxy) is 2. The first-order chi connectivity index (χ1) is 11.7. The summed E-state index contributed by atoms with van der Waals surface area (Å²) in [5.74, 6) is 0.821. The van der Waals surface area contributed by atoms with Crippen molar-refractivity contribution in [1.82, 2.24) is 5.32 Å². The molecule has 1 N–H and O–H groups in total. The van der Waals surface area contributed by atoms with E-state index < -0.39 is 24.1 Å². The highest BCUT2D eigenvalue weighted by Gasteiger charge is 2.54. The predicted octanol–water partition coefficient (Wildman–Crippen LogP) is 2.20. The van der Waals surface area contributed by atoms with E-state index in [9.17, 15) is 14.4 Å². The molecule has 0 heterocycles. The molecule has 0 unspecified atom stereocenters. The van der Waals surface area contributed by atoms with Crippen molar-refractivity contribution in [1.29, 1.82) is 0 Å². The van der Waals surface area contributed by atoms with Crippen molar-refractivity contribution in [3.05, 3.63) is 0 Å². The monoisotopic (exact) mass is 351 g/mol. The van der Waals surface area contributed by atoms with E-state index >= 15 is 0 Å². The number of rotatable bonds is 5. The lowest BCUT2D eigenvalue weighted by Crippen LogP contribution is -2.54. The minimum atomic E-state index is -0.615. The molecule has 4 saturated carbocycles. The predicted molar refractivity (Wildman–Crippen MR) is 90.4 cm³/mol. The van der Waals surface area contributed by atoms with Gasteiger partial charge in [0.15, 0.2) is 6.61 Å². The van der Waals surface area contributed by atoms with Gasteiger partial charge in [-0.05, 0) is 77.0 Å². The van der Waals surface area contributed by atoms with E-state index in [1.54, 1.807) is 20.8 Å². The molecule has 0 aliphatic heterocycles. The first kappa shape index (κ1) is 18.2. The van der Waals surface area contributed by atoms with E-state index in [1.807, 2.05) is 0 Å². The summed E-state index contributed by atoms with van der Waals surface area (Å²) in [6.45, 7) is 4.63. The van der Waals surface area contributed by atoms with Gasteiger partial charge in [0.25, 0.3) is 0 Å². The van der Waals surface area contributed by atoms with Gasteiger partial charge in [-0.1, -0.05) is 0 Å². The molecule has 4 fully saturated rings. The van der Waals surface area contributed by atoms with Gasteiger partial charge in [-0.15, -0.1) is 0 Å². The molecular formula is C19H29NO5. The van der Waals surface area contributed by atoms with Crippen molar-refractivity contribution in [3.63, 3.8) is 0 Å². The molecule has 6 nitrogen and oxygen atoms in total. The molecule has 1 amide bonds. The summed E-state index contributed by atoms with van der Waals surface area (Å²) in [5, 5.41) is 2.75. The first-order valence-electron chi connectivity index (χ1n) is 9.31. The lowest BCUT2D eigenvalue weighted by atomic mass is 9.49. The van der Waals surface area contributed by atoms with Gasteiger partial charge in [0, 0.05) is 5.41 Å². The maximum atomic E-state index is 12.7. The van der Waals surface area contributed by atoms with Crippen molar-refractivity contribution in [2.75, 3.05) is 13.2 Å². The summed E-state index contributed by atoms with van der Waals surface area (Å²) < 4.78 is 9.97. The minimum Gasteiger partial charge on any atom is -0.457 e. The molecule has 4 bridgehead atoms. The number of nitrogens with one attached hydrogen (secondary N) is 1. The molecule has 4 aliphatic carbocycles. The van der Waals surface area contributed by atoms with Crippen molar-refractivity contribution >= 4 is 17.8 Å². The molecule has 6 heteroatoms. The molecule has 0 aromatic carbocycles. The van der Waals surface area contributed by atoms with Crippen LogP contribution >= 0.6 is 0 Å². The molecule has 25 heavy (non-hydrogen) atoms. The maximum absolute atomic E-state index is 12.7. The molecule has 140 valence electrons. The molecule has 4 aliphatic rings. The van der Waals surface area contributed by atoms with Crippen LogP contribution in [0.2, 0.25) is 0 Å². The van der Waals surface area contributed by atoms with Crippen molar-refractivity contribution in [2.24, 2.45) is 23.2 Å². The summed E-state index contributed by atoms with van der Waals surface area (Å²) in [4.78, 5) is 36.1. The van der Waals surface area contributed by atoms with Crippen LogP contribution in [0, 0.1) is 23.2 Å². The average molecular weight is 351 g/mol. The zero-order chi connectivity index (χ0) is 18.2. The molecule has 0 saturated heterocycles. The van der Waals surface area contributed by atoms with Crippen molar-refractivity contribution in [3.8, 4) is 0 Å². The fourth-order valence-corrected chi connectivity index (χ4v) is 5.29. The Kier molecular flexibility index (Phi) is 4.82. The van der Waals surface area contributed by atoms with Crippen LogP contribution < -0.4 is 5.32 Å². The topological polar surface area (TPSA) is 81.7 Å². The van der Waals surface area contributed by atoms with E-state index in [1.165, 1.54) is 19.3 Å². The molecule has 0 radical (unpaired) electrons. The van der Waals surface area contributed by atoms with Crippen LogP contribution in [0.5, 0.6) is 0 Å². The Morgan fingerprint density at radius 3 is 1.96 bits per heavy atom. The second-order valence-corrected chi connectivity index (χ2v) is 9.13. The largest absolute Gasteiger partial charge is 0.457 e. The van der Waals surface area contributed by atoms with Gasteiger partial charge in [-0.3, -0.25) is 9.59 Å². The third-order valence-corrected chi connectivity index (χ3v) is 5.68. The normalized spacial score (nSPS) is 33.0. The number of carbonyl (C=O) groups excluding carboxylic acids is 3. The highest BCUT2D eigenvalue weighted by molar-refractivity contribution is 5.87. The second kappa shape index (κ2) is 6.61. The molecular weight excluding hydrogens is 322 g/mol. The van der Waals surface area contributed by atoms with Gasteiger partial charge < -0.3 is 14.8 Å². The van der Waals surface area contributed by atoms with Gasteiger partial charge >= 0.3 is 11.9 Å². The quantitative estimate of drug-likeness (QED) is 0.768. The lowest BCUT2D eigenvalue weighted by Gasteiger charge is -2.55. The zero-order valence-electron chi connectivity index (χ0n) is 15.4. The van der Waals surface area contributed by atoms with Crippen LogP contribution in [-0.4, -0.2) is 36.6 Å². The second-order valence-electron chi connectivity index (χ2n) is 9.13. The highest BCUT2D eigenvalue weighted by atomic mass is 16.6. The number of amides is 1. The fourth-order valence-electron chi connectivity index (χ4n) is 5.29. The Hall–Kier alpha value is -1.59. The van der Waals surface area contributed by atoms with Gasteiger partial charge in [-0.25, -0.2) is 4.79 Å². The third kappa shape index (κ3) is 4.33. The van der Waals surface area contributed by atoms with Crippen LogP contribution in [-0.2, 0) is 23.9 Å². The molecule has 0 aromatic rings. The number of hydrogen-bond donors (Lipinski definition) is 1. The standard InChI is InChI=1S/C19H29NO5/c1-18(2,3)25-16(22)11-24-15(21)10-20-17(23)19-7-12-4-13(8-19)6-14(5-12)9-19/h12-14H,4-11H2,1-3H3,(H,20,23). The maximum Gasteiger partial charge on any atom is 0.344 e. The summed E-state index contributed by atoms with van der Waals surface area (Å²) in [5.41, 5.74) is -0.892. The lowest BCUT2D eigenvalue weighted by molar-refractivity contribution is -0.166. The van der Waals surface area contributed by atoms with E-state index in [4.69, 9.17) is 9.47 Å². The summed E-state index contributed by atoms with van der Waals surface area (Å²) in [7, 11) is 0. The molecule has 0 spiro atoms. The van der Waals surface area contributed by atoms with Gasteiger partial charge in [0.1, 0.15) is 12.1 Å². The Balaban J connectivity index is 1.43. The summed E-state index contributed by atoms with van der Waals surface area (Å²) in [6, 6.07) is 0.